The van der Waals surface area contributed by atoms with Crippen LogP contribution in [0, 0.1) is 0 Å². The molecular weight excluding hydrogens is 592 g/mol. The third kappa shape index (κ3) is 5.03. The van der Waals surface area contributed by atoms with E-state index in [1.165, 1.54) is 10.9 Å². The molecule has 2 saturated heterocycles. The smallest absolute Gasteiger partial charge is 0.386 e. The van der Waals surface area contributed by atoms with Gasteiger partial charge in [-0.15, -0.1) is 5.10 Å². The number of ether oxygens (including phenoxy) is 2. The lowest BCUT2D eigenvalue weighted by molar-refractivity contribution is -0.0554. The first kappa shape index (κ1) is 27.8. The second-order valence-electron chi connectivity index (χ2n) is 9.22. The number of imidazole rings is 1. The summed E-state index contributed by atoms with van der Waals surface area (Å²) < 4.78 is 53.0. The highest BCUT2D eigenvalue weighted by atomic mass is 32.7. The first-order chi connectivity index (χ1) is 19.6. The minimum absolute atomic E-state index is 0.0237. The summed E-state index contributed by atoms with van der Waals surface area (Å²) in [5.41, 5.74) is 11.0. The Morgan fingerprint density at radius 2 is 2.02 bits per heavy atom. The Morgan fingerprint density at radius 3 is 2.80 bits per heavy atom. The number of anilines is 2. The van der Waals surface area contributed by atoms with Crippen LogP contribution in [0.15, 0.2) is 17.4 Å². The molecule has 41 heavy (non-hydrogen) atoms. The second kappa shape index (κ2) is 10.5. The minimum atomic E-state index is -4.22. The van der Waals surface area contributed by atoms with E-state index in [4.69, 9.17) is 30.0 Å². The Labute approximate surface area is 232 Å². The standard InChI is InChI=1S/C19H23FN11O8PS/c20-9-12(33)8(38-18(9)31-14-10(28-29-31)13(21)23-4-24-14)3-36-40(35,41)39-7-1-6(2-32)37-17(7)30-5-25-11-15(30)26-19(22)27-16(11)34/h4-9,12,17-18,32-33H,1-3H2,(H,35,41)(H2,21,23,24)(H3,22,26,27,34)/t6-,7?,8+,9+,12-,17+,18?,40?/m0/s1. The molecule has 0 aromatic carbocycles. The number of hydrogen-bond acceptors (Lipinski definition) is 16. The highest BCUT2D eigenvalue weighted by Crippen LogP contribution is 2.57. The third-order valence-corrected chi connectivity index (χ3v) is 8.21. The molecule has 0 spiro atoms. The van der Waals surface area contributed by atoms with Gasteiger partial charge < -0.3 is 31.2 Å². The molecule has 4 aromatic heterocycles. The molecule has 220 valence electrons. The maximum absolute atomic E-state index is 15.0. The van der Waals surface area contributed by atoms with Crippen molar-refractivity contribution < 1.29 is 37.7 Å². The molecule has 2 aliphatic rings. The predicted octanol–water partition coefficient (Wildman–Crippen LogP) is -1.17. The highest BCUT2D eigenvalue weighted by Gasteiger charge is 2.48. The molecule has 6 rings (SSSR count). The van der Waals surface area contributed by atoms with Crippen molar-refractivity contribution in [1.29, 1.82) is 0 Å². The largest absolute Gasteiger partial charge is 0.394 e. The summed E-state index contributed by atoms with van der Waals surface area (Å²) >= 11 is 4.02. The maximum Gasteiger partial charge on any atom is 0.386 e. The molecular formula is C19H23FN11O8PS. The number of alkyl halides is 1. The van der Waals surface area contributed by atoms with Crippen molar-refractivity contribution in [1.82, 2.24) is 44.5 Å². The highest BCUT2D eigenvalue weighted by molar-refractivity contribution is 8.44. The van der Waals surface area contributed by atoms with E-state index >= 15 is 4.39 Å². The van der Waals surface area contributed by atoms with E-state index in [9.17, 15) is 19.6 Å². The van der Waals surface area contributed by atoms with E-state index in [0.717, 1.165) is 11.0 Å². The number of thiol groups is 1. The van der Waals surface area contributed by atoms with Crippen molar-refractivity contribution in [3.05, 3.63) is 23.0 Å². The van der Waals surface area contributed by atoms with E-state index in [-0.39, 0.29) is 40.5 Å². The fourth-order valence-corrected chi connectivity index (χ4v) is 6.16. The molecule has 0 amide bonds. The number of nitrogens with two attached hydrogens (primary N) is 2. The van der Waals surface area contributed by atoms with Gasteiger partial charge in [-0.2, -0.15) is 9.67 Å². The van der Waals surface area contributed by atoms with Gasteiger partial charge in [-0.05, 0) is 0 Å². The molecule has 0 saturated carbocycles. The lowest BCUT2D eigenvalue weighted by Crippen LogP contribution is -2.31. The molecule has 8 atom stereocenters. The summed E-state index contributed by atoms with van der Waals surface area (Å²) in [6.45, 7) is -5.21. The summed E-state index contributed by atoms with van der Waals surface area (Å²) in [4.78, 5) is 30.4. The fraction of sp³-hybridized carbons (Fsp3) is 0.526. The van der Waals surface area contributed by atoms with Gasteiger partial charge in [0, 0.05) is 6.42 Å². The van der Waals surface area contributed by atoms with Crippen LogP contribution in [0.25, 0.3) is 22.3 Å². The summed E-state index contributed by atoms with van der Waals surface area (Å²) in [7, 11) is 0. The number of nitrogens with one attached hydrogen (secondary N) is 1. The van der Waals surface area contributed by atoms with Crippen molar-refractivity contribution >= 4 is 53.1 Å². The number of aliphatic hydroxyl groups excluding tert-OH is 2. The zero-order valence-corrected chi connectivity index (χ0v) is 22.5. The average molecular weight is 616 g/mol. The van der Waals surface area contributed by atoms with E-state index < -0.39 is 68.6 Å². The Hall–Kier alpha value is -3.30. The van der Waals surface area contributed by atoms with Crippen LogP contribution in [0.4, 0.5) is 16.2 Å². The molecule has 19 nitrogen and oxygen atoms in total. The predicted molar refractivity (Wildman–Crippen MR) is 138 cm³/mol. The number of aliphatic hydroxyl groups is 2. The van der Waals surface area contributed by atoms with Crippen LogP contribution < -0.4 is 17.0 Å². The second-order valence-corrected chi connectivity index (χ2v) is 12.1. The molecule has 0 aliphatic carbocycles. The Bertz CT molecular complexity index is 1700. The Morgan fingerprint density at radius 1 is 1.22 bits per heavy atom. The van der Waals surface area contributed by atoms with Gasteiger partial charge in [-0.25, -0.2) is 23.9 Å². The number of nitrogens with zero attached hydrogens (tertiary/aromatic N) is 8. The molecule has 6 heterocycles. The molecule has 4 aromatic rings. The van der Waals surface area contributed by atoms with Crippen molar-refractivity contribution in [2.75, 3.05) is 24.7 Å². The number of hydrogen-bond donors (Lipinski definition) is 6. The van der Waals surface area contributed by atoms with Crippen LogP contribution >= 0.6 is 19.0 Å². The first-order valence-corrected chi connectivity index (χ1v) is 14.7. The van der Waals surface area contributed by atoms with Gasteiger partial charge in [0.1, 0.15) is 24.6 Å². The van der Waals surface area contributed by atoms with Gasteiger partial charge in [-0.3, -0.25) is 23.4 Å². The number of fused-ring (bicyclic) bond motifs is 2. The number of nitrogen functional groups attached to an aromatic ring is 2. The number of H-pyrrole nitrogens is 1. The lowest BCUT2D eigenvalue weighted by atomic mass is 10.1. The van der Waals surface area contributed by atoms with Gasteiger partial charge in [0.2, 0.25) is 5.95 Å². The first-order valence-electron chi connectivity index (χ1n) is 12.0. The molecule has 0 radical (unpaired) electrons. The van der Waals surface area contributed by atoms with Crippen LogP contribution in [0.5, 0.6) is 0 Å². The van der Waals surface area contributed by atoms with Crippen LogP contribution in [0.3, 0.4) is 0 Å². The van der Waals surface area contributed by atoms with Crippen LogP contribution in [-0.4, -0.2) is 98.5 Å². The summed E-state index contributed by atoms with van der Waals surface area (Å²) in [5, 5.41) is 27.7. The molecule has 3 unspecified atom stereocenters. The molecule has 2 aliphatic heterocycles. The third-order valence-electron chi connectivity index (χ3n) is 6.57. The van der Waals surface area contributed by atoms with E-state index in [1.54, 1.807) is 0 Å². The summed E-state index contributed by atoms with van der Waals surface area (Å²) in [6, 6.07) is 0. The SMILES string of the molecule is Nc1nc2c(ncn2[C@@H]2O[C@H](CO)CC2OP(=O)(S)OC[C@H]2OC(n3nnc4c(N)ncnc43)[C@H](F)[C@H]2O)c(=O)[nH]1. The van der Waals surface area contributed by atoms with Gasteiger partial charge >= 0.3 is 6.80 Å². The van der Waals surface area contributed by atoms with E-state index in [0.29, 0.717) is 0 Å². The maximum atomic E-state index is 15.0. The molecule has 22 heteroatoms. The Balaban J connectivity index is 1.16. The number of halogens is 1. The van der Waals surface area contributed by atoms with Crippen molar-refractivity contribution in [2.45, 2.75) is 49.5 Å². The summed E-state index contributed by atoms with van der Waals surface area (Å²) in [6.07, 6.45) is -6.83. The molecule has 0 bridgehead atoms. The van der Waals surface area contributed by atoms with E-state index in [1.807, 2.05) is 0 Å². The average Bonchev–Trinajstić information content (AvgIpc) is 3.69. The molecule has 7 N–H and O–H groups in total. The quantitative estimate of drug-likeness (QED) is 0.101. The van der Waals surface area contributed by atoms with Gasteiger partial charge in [0.25, 0.3) is 5.56 Å². The number of aromatic nitrogens is 9. The Kier molecular flexibility index (Phi) is 7.14. The van der Waals surface area contributed by atoms with Crippen molar-refractivity contribution in [3.63, 3.8) is 0 Å². The van der Waals surface area contributed by atoms with Gasteiger partial charge in [0.05, 0.1) is 25.6 Å². The van der Waals surface area contributed by atoms with Gasteiger partial charge in [-0.1, -0.05) is 17.5 Å². The van der Waals surface area contributed by atoms with E-state index in [2.05, 4.69) is 47.5 Å². The zero-order valence-electron chi connectivity index (χ0n) is 20.7. The molecule has 2 fully saturated rings. The lowest BCUT2D eigenvalue weighted by Gasteiger charge is -2.24. The van der Waals surface area contributed by atoms with Crippen LogP contribution in [0.2, 0.25) is 0 Å². The fourth-order valence-electron chi connectivity index (χ4n) is 4.66. The zero-order chi connectivity index (χ0) is 29.1. The normalized spacial score (nSPS) is 29.9. The summed E-state index contributed by atoms with van der Waals surface area (Å²) in [5.74, 6) is -0.147. The van der Waals surface area contributed by atoms with Crippen molar-refractivity contribution in [2.24, 2.45) is 0 Å². The number of rotatable bonds is 8. The topological polar surface area (TPSA) is 267 Å². The van der Waals surface area contributed by atoms with Gasteiger partial charge in [0.15, 0.2) is 46.8 Å². The monoisotopic (exact) mass is 615 g/mol. The van der Waals surface area contributed by atoms with Crippen molar-refractivity contribution in [3.8, 4) is 0 Å². The number of aromatic amines is 1. The van der Waals surface area contributed by atoms with Crippen LogP contribution in [0.1, 0.15) is 18.9 Å². The minimum Gasteiger partial charge on any atom is -0.394 e. The van der Waals surface area contributed by atoms with Crippen LogP contribution in [-0.2, 0) is 23.1 Å².